The number of halogens is 1. The largest absolute Gasteiger partial charge is 0.376 e. The van der Waals surface area contributed by atoms with Gasteiger partial charge in [-0.3, -0.25) is 10.1 Å². The second-order valence-corrected chi connectivity index (χ2v) is 6.81. The van der Waals surface area contributed by atoms with E-state index in [2.05, 4.69) is 0 Å². The van der Waals surface area contributed by atoms with E-state index in [1.54, 1.807) is 6.92 Å². The molecule has 1 aromatic rings. The summed E-state index contributed by atoms with van der Waals surface area (Å²) in [7, 11) is -3.91. The summed E-state index contributed by atoms with van der Waals surface area (Å²) in [5, 5.41) is 10.8. The number of nitro benzene ring substituents is 1. The Morgan fingerprint density at radius 1 is 1.48 bits per heavy atom. The molecule has 1 unspecified atom stereocenters. The minimum Gasteiger partial charge on any atom is -0.376 e. The molecule has 21 heavy (non-hydrogen) atoms. The standard InChI is InChI=1S/C12H15FN2O5S/c1-8-5-10(6-11(12(8)13)15(16)17)21(18,19)14-3-4-20-9(2)7-14/h5-6,9H,3-4,7H2,1-2H3. The molecule has 0 spiro atoms. The second kappa shape index (κ2) is 5.66. The quantitative estimate of drug-likeness (QED) is 0.621. The van der Waals surface area contributed by atoms with Crippen molar-refractivity contribution < 1.29 is 22.5 Å². The zero-order valence-electron chi connectivity index (χ0n) is 11.6. The number of rotatable bonds is 3. The van der Waals surface area contributed by atoms with E-state index < -0.39 is 26.5 Å². The summed E-state index contributed by atoms with van der Waals surface area (Å²) in [5.74, 6) is -1.02. The van der Waals surface area contributed by atoms with Gasteiger partial charge in [0.05, 0.1) is 22.5 Å². The predicted octanol–water partition coefficient (Wildman–Crippen LogP) is 1.45. The molecule has 1 aliphatic heterocycles. The van der Waals surface area contributed by atoms with Gasteiger partial charge >= 0.3 is 5.69 Å². The minimum absolute atomic E-state index is 0.0796. The fourth-order valence-electron chi connectivity index (χ4n) is 2.15. The van der Waals surface area contributed by atoms with Crippen molar-refractivity contribution in [3.8, 4) is 0 Å². The van der Waals surface area contributed by atoms with Gasteiger partial charge in [0, 0.05) is 19.2 Å². The predicted molar refractivity (Wildman–Crippen MR) is 72.0 cm³/mol. The average molecular weight is 318 g/mol. The molecule has 116 valence electrons. The lowest BCUT2D eigenvalue weighted by atomic mass is 10.2. The van der Waals surface area contributed by atoms with Crippen LogP contribution in [0.25, 0.3) is 0 Å². The Labute approximate surface area is 121 Å². The van der Waals surface area contributed by atoms with Crippen molar-refractivity contribution in [2.24, 2.45) is 0 Å². The highest BCUT2D eigenvalue weighted by atomic mass is 32.2. The molecule has 2 rings (SSSR count). The second-order valence-electron chi connectivity index (χ2n) is 4.87. The van der Waals surface area contributed by atoms with Crippen LogP contribution in [0.4, 0.5) is 10.1 Å². The molecular weight excluding hydrogens is 303 g/mol. The Balaban J connectivity index is 2.47. The van der Waals surface area contributed by atoms with Crippen molar-refractivity contribution in [3.05, 3.63) is 33.6 Å². The van der Waals surface area contributed by atoms with Gasteiger partial charge in [0.25, 0.3) is 0 Å². The van der Waals surface area contributed by atoms with E-state index in [-0.39, 0.29) is 36.3 Å². The van der Waals surface area contributed by atoms with Crippen LogP contribution in [0.15, 0.2) is 17.0 Å². The Hall–Kier alpha value is -1.58. The van der Waals surface area contributed by atoms with Crippen LogP contribution in [-0.4, -0.2) is 43.4 Å². The normalized spacial score (nSPS) is 20.4. The monoisotopic (exact) mass is 318 g/mol. The van der Waals surface area contributed by atoms with Crippen LogP contribution in [0.5, 0.6) is 0 Å². The van der Waals surface area contributed by atoms with Crippen molar-refractivity contribution in [1.82, 2.24) is 4.31 Å². The Morgan fingerprint density at radius 2 is 2.14 bits per heavy atom. The first-order valence-corrected chi connectivity index (χ1v) is 7.73. The van der Waals surface area contributed by atoms with Crippen LogP contribution >= 0.6 is 0 Å². The lowest BCUT2D eigenvalue weighted by molar-refractivity contribution is -0.387. The van der Waals surface area contributed by atoms with Gasteiger partial charge in [0.15, 0.2) is 0 Å². The van der Waals surface area contributed by atoms with E-state index >= 15 is 0 Å². The molecule has 0 aromatic heterocycles. The zero-order valence-corrected chi connectivity index (χ0v) is 12.4. The van der Waals surface area contributed by atoms with Gasteiger partial charge < -0.3 is 4.74 Å². The number of morpholine rings is 1. The van der Waals surface area contributed by atoms with Crippen LogP contribution in [0.2, 0.25) is 0 Å². The number of nitrogens with zero attached hydrogens (tertiary/aromatic N) is 2. The van der Waals surface area contributed by atoms with E-state index in [1.165, 1.54) is 11.2 Å². The number of benzene rings is 1. The van der Waals surface area contributed by atoms with E-state index in [4.69, 9.17) is 4.74 Å². The van der Waals surface area contributed by atoms with Gasteiger partial charge in [-0.1, -0.05) is 0 Å². The molecule has 1 saturated heterocycles. The number of nitro groups is 1. The molecule has 0 amide bonds. The van der Waals surface area contributed by atoms with Crippen molar-refractivity contribution in [2.75, 3.05) is 19.7 Å². The van der Waals surface area contributed by atoms with Crippen LogP contribution in [0.1, 0.15) is 12.5 Å². The topological polar surface area (TPSA) is 89.8 Å². The third kappa shape index (κ3) is 3.04. The zero-order chi connectivity index (χ0) is 15.8. The van der Waals surface area contributed by atoms with Crippen LogP contribution < -0.4 is 0 Å². The highest BCUT2D eigenvalue weighted by Gasteiger charge is 2.31. The van der Waals surface area contributed by atoms with E-state index in [9.17, 15) is 22.9 Å². The fraction of sp³-hybridized carbons (Fsp3) is 0.500. The van der Waals surface area contributed by atoms with Crippen LogP contribution in [-0.2, 0) is 14.8 Å². The molecule has 0 bridgehead atoms. The lowest BCUT2D eigenvalue weighted by Gasteiger charge is -2.30. The molecule has 0 aliphatic carbocycles. The summed E-state index contributed by atoms with van der Waals surface area (Å²) in [6, 6.07) is 1.87. The first-order valence-electron chi connectivity index (χ1n) is 6.29. The molecule has 7 nitrogen and oxygen atoms in total. The van der Waals surface area contributed by atoms with Crippen molar-refractivity contribution in [3.63, 3.8) is 0 Å². The SMILES string of the molecule is Cc1cc(S(=O)(=O)N2CCOC(C)C2)cc([N+](=O)[O-])c1F. The third-order valence-electron chi connectivity index (χ3n) is 3.25. The maximum absolute atomic E-state index is 13.7. The number of sulfonamides is 1. The van der Waals surface area contributed by atoms with E-state index in [0.717, 1.165) is 12.1 Å². The molecule has 1 aromatic carbocycles. The van der Waals surface area contributed by atoms with Gasteiger partial charge in [0.1, 0.15) is 0 Å². The summed E-state index contributed by atoms with van der Waals surface area (Å²) < 4.78 is 45.1. The fourth-order valence-corrected chi connectivity index (χ4v) is 3.76. The third-order valence-corrected chi connectivity index (χ3v) is 5.09. The van der Waals surface area contributed by atoms with Crippen molar-refractivity contribution in [1.29, 1.82) is 0 Å². The van der Waals surface area contributed by atoms with E-state index in [1.807, 2.05) is 0 Å². The van der Waals surface area contributed by atoms with Gasteiger partial charge in [-0.25, -0.2) is 8.42 Å². The average Bonchev–Trinajstić information content (AvgIpc) is 2.41. The maximum Gasteiger partial charge on any atom is 0.306 e. The number of aryl methyl sites for hydroxylation is 1. The summed E-state index contributed by atoms with van der Waals surface area (Å²) >= 11 is 0. The molecule has 1 aliphatic rings. The molecule has 0 saturated carbocycles. The molecule has 1 heterocycles. The highest BCUT2D eigenvalue weighted by Crippen LogP contribution is 2.27. The van der Waals surface area contributed by atoms with Gasteiger partial charge in [-0.15, -0.1) is 0 Å². The number of ether oxygens (including phenoxy) is 1. The molecule has 0 N–H and O–H groups in total. The summed E-state index contributed by atoms with van der Waals surface area (Å²) in [6.45, 7) is 3.61. The number of hydrogen-bond acceptors (Lipinski definition) is 5. The Morgan fingerprint density at radius 3 is 2.71 bits per heavy atom. The molecule has 0 radical (unpaired) electrons. The summed E-state index contributed by atoms with van der Waals surface area (Å²) in [5.41, 5.74) is -0.918. The van der Waals surface area contributed by atoms with Gasteiger partial charge in [-0.05, 0) is 25.5 Å². The Bertz CT molecular complexity index is 676. The molecular formula is C12H15FN2O5S. The molecule has 1 fully saturated rings. The molecule has 1 atom stereocenters. The van der Waals surface area contributed by atoms with Crippen molar-refractivity contribution >= 4 is 15.7 Å². The maximum atomic E-state index is 13.7. The van der Waals surface area contributed by atoms with Crippen molar-refractivity contribution in [2.45, 2.75) is 24.8 Å². The Kier molecular flexibility index (Phi) is 4.26. The lowest BCUT2D eigenvalue weighted by Crippen LogP contribution is -2.44. The van der Waals surface area contributed by atoms with Gasteiger partial charge in [0.2, 0.25) is 15.8 Å². The smallest absolute Gasteiger partial charge is 0.306 e. The van der Waals surface area contributed by atoms with Gasteiger partial charge in [-0.2, -0.15) is 8.70 Å². The van der Waals surface area contributed by atoms with Crippen LogP contribution in [0.3, 0.4) is 0 Å². The minimum atomic E-state index is -3.91. The van der Waals surface area contributed by atoms with E-state index in [0.29, 0.717) is 0 Å². The highest BCUT2D eigenvalue weighted by molar-refractivity contribution is 7.89. The first kappa shape index (κ1) is 15.8. The first-order chi connectivity index (χ1) is 9.73. The number of hydrogen-bond donors (Lipinski definition) is 0. The van der Waals surface area contributed by atoms with Crippen LogP contribution in [0, 0.1) is 22.9 Å². The molecule has 9 heteroatoms. The summed E-state index contributed by atoms with van der Waals surface area (Å²) in [4.78, 5) is 9.62. The summed E-state index contributed by atoms with van der Waals surface area (Å²) in [6.07, 6.45) is -0.259.